The van der Waals surface area contributed by atoms with Gasteiger partial charge >= 0.3 is 0 Å². The van der Waals surface area contributed by atoms with Gasteiger partial charge in [-0.2, -0.15) is 0 Å². The first-order valence-corrected chi connectivity index (χ1v) is 6.08. The number of pyridine rings is 1. The third-order valence-corrected chi connectivity index (χ3v) is 3.01. The van der Waals surface area contributed by atoms with Crippen molar-refractivity contribution in [1.29, 1.82) is 0 Å². The number of aromatic nitrogens is 1. The van der Waals surface area contributed by atoms with E-state index in [0.29, 0.717) is 17.8 Å². The Balaban J connectivity index is 2.17. The van der Waals surface area contributed by atoms with Crippen LogP contribution in [0.15, 0.2) is 42.7 Å². The van der Waals surface area contributed by atoms with Crippen molar-refractivity contribution < 1.29 is 4.79 Å². The lowest BCUT2D eigenvalue weighted by Crippen LogP contribution is -2.27. The minimum absolute atomic E-state index is 0.0263. The number of hydrogen-bond donors (Lipinski definition) is 1. The van der Waals surface area contributed by atoms with Gasteiger partial charge in [-0.05, 0) is 42.3 Å². The summed E-state index contributed by atoms with van der Waals surface area (Å²) in [5.74, 6) is -0.0263. The first-order chi connectivity index (χ1) is 9.08. The summed E-state index contributed by atoms with van der Waals surface area (Å²) in [7, 11) is 1.78. The highest BCUT2D eigenvalue weighted by molar-refractivity contribution is 5.96. The van der Waals surface area contributed by atoms with Crippen LogP contribution in [0.4, 0.5) is 5.69 Å². The second-order valence-electron chi connectivity index (χ2n) is 4.59. The molecule has 0 aliphatic rings. The number of carbonyl (C=O) groups is 1. The van der Waals surface area contributed by atoms with E-state index in [-0.39, 0.29) is 5.91 Å². The molecule has 0 aliphatic carbocycles. The first kappa shape index (κ1) is 13.1. The normalized spacial score (nSPS) is 10.2. The lowest BCUT2D eigenvalue weighted by atomic mass is 10.1. The van der Waals surface area contributed by atoms with Crippen molar-refractivity contribution in [3.8, 4) is 0 Å². The van der Waals surface area contributed by atoms with Crippen LogP contribution in [0.3, 0.4) is 0 Å². The molecule has 0 unspecified atom stereocenters. The summed E-state index contributed by atoms with van der Waals surface area (Å²) in [4.78, 5) is 18.0. The van der Waals surface area contributed by atoms with Crippen LogP contribution in [0, 0.1) is 6.92 Å². The highest BCUT2D eigenvalue weighted by Crippen LogP contribution is 2.15. The molecule has 0 aliphatic heterocycles. The van der Waals surface area contributed by atoms with E-state index in [9.17, 15) is 4.79 Å². The molecule has 19 heavy (non-hydrogen) atoms. The Morgan fingerprint density at radius 2 is 1.95 bits per heavy atom. The first-order valence-electron chi connectivity index (χ1n) is 6.08. The molecule has 2 aromatic rings. The lowest BCUT2D eigenvalue weighted by molar-refractivity contribution is 0.0784. The Kier molecular flexibility index (Phi) is 3.80. The predicted molar refractivity (Wildman–Crippen MR) is 75.6 cm³/mol. The minimum Gasteiger partial charge on any atom is -0.399 e. The Hall–Kier alpha value is -2.36. The van der Waals surface area contributed by atoms with Crippen LogP contribution in [0.25, 0.3) is 0 Å². The fourth-order valence-electron chi connectivity index (χ4n) is 1.91. The van der Waals surface area contributed by atoms with Crippen LogP contribution in [0.1, 0.15) is 21.5 Å². The Morgan fingerprint density at radius 3 is 2.63 bits per heavy atom. The van der Waals surface area contributed by atoms with Gasteiger partial charge in [-0.3, -0.25) is 9.78 Å². The van der Waals surface area contributed by atoms with Crippen LogP contribution < -0.4 is 5.73 Å². The number of nitrogen functional groups attached to an aromatic ring is 1. The molecule has 2 rings (SSSR count). The van der Waals surface area contributed by atoms with Gasteiger partial charge in [-0.25, -0.2) is 0 Å². The summed E-state index contributed by atoms with van der Waals surface area (Å²) >= 11 is 0. The number of hydrogen-bond acceptors (Lipinski definition) is 3. The standard InChI is InChI=1S/C15H17N3O/c1-11-3-4-13(16)9-14(11)15(19)18(2)10-12-5-7-17-8-6-12/h3-9H,10,16H2,1-2H3. The van der Waals surface area contributed by atoms with E-state index < -0.39 is 0 Å². The Morgan fingerprint density at radius 1 is 1.26 bits per heavy atom. The van der Waals surface area contributed by atoms with Crippen LogP contribution in [-0.4, -0.2) is 22.8 Å². The molecule has 0 spiro atoms. The molecular weight excluding hydrogens is 238 g/mol. The van der Waals surface area contributed by atoms with Crippen molar-refractivity contribution in [3.63, 3.8) is 0 Å². The summed E-state index contributed by atoms with van der Waals surface area (Å²) in [5, 5.41) is 0. The number of rotatable bonds is 3. The fraction of sp³-hybridized carbons (Fsp3) is 0.200. The average molecular weight is 255 g/mol. The highest BCUT2D eigenvalue weighted by Gasteiger charge is 2.14. The van der Waals surface area contributed by atoms with E-state index in [2.05, 4.69) is 4.98 Å². The zero-order chi connectivity index (χ0) is 13.8. The largest absolute Gasteiger partial charge is 0.399 e. The molecule has 1 amide bonds. The molecule has 1 heterocycles. The zero-order valence-corrected chi connectivity index (χ0v) is 11.1. The van der Waals surface area contributed by atoms with E-state index >= 15 is 0 Å². The summed E-state index contributed by atoms with van der Waals surface area (Å²) in [5.41, 5.74) is 8.97. The Labute approximate surface area is 112 Å². The van der Waals surface area contributed by atoms with Gasteiger partial charge in [0.15, 0.2) is 0 Å². The third kappa shape index (κ3) is 3.10. The number of aryl methyl sites for hydroxylation is 1. The number of nitrogens with two attached hydrogens (primary N) is 1. The SMILES string of the molecule is Cc1ccc(N)cc1C(=O)N(C)Cc1ccncc1. The van der Waals surface area contributed by atoms with Crippen LogP contribution in [0.2, 0.25) is 0 Å². The van der Waals surface area contributed by atoms with E-state index in [1.807, 2.05) is 25.1 Å². The summed E-state index contributed by atoms with van der Waals surface area (Å²) in [6.07, 6.45) is 3.44. The number of benzene rings is 1. The molecule has 1 aromatic carbocycles. The van der Waals surface area contributed by atoms with Gasteiger partial charge in [0.05, 0.1) is 0 Å². The van der Waals surface area contributed by atoms with E-state index in [4.69, 9.17) is 5.73 Å². The third-order valence-electron chi connectivity index (χ3n) is 3.01. The van der Waals surface area contributed by atoms with E-state index in [1.54, 1.807) is 36.5 Å². The molecule has 4 heteroatoms. The second-order valence-corrected chi connectivity index (χ2v) is 4.59. The molecule has 4 nitrogen and oxygen atoms in total. The monoisotopic (exact) mass is 255 g/mol. The van der Waals surface area contributed by atoms with Gasteiger partial charge in [-0.15, -0.1) is 0 Å². The number of amides is 1. The topological polar surface area (TPSA) is 59.2 Å². The van der Waals surface area contributed by atoms with E-state index in [1.165, 1.54) is 0 Å². The molecule has 0 bridgehead atoms. The molecule has 0 radical (unpaired) electrons. The maximum atomic E-state index is 12.4. The van der Waals surface area contributed by atoms with Gasteiger partial charge in [-0.1, -0.05) is 6.07 Å². The molecule has 0 atom stereocenters. The minimum atomic E-state index is -0.0263. The number of nitrogens with zero attached hydrogens (tertiary/aromatic N) is 2. The quantitative estimate of drug-likeness (QED) is 0.856. The van der Waals surface area contributed by atoms with Crippen molar-refractivity contribution in [2.75, 3.05) is 12.8 Å². The average Bonchev–Trinajstić information content (AvgIpc) is 2.42. The maximum absolute atomic E-state index is 12.4. The molecule has 2 N–H and O–H groups in total. The zero-order valence-electron chi connectivity index (χ0n) is 11.1. The van der Waals surface area contributed by atoms with E-state index in [0.717, 1.165) is 11.1 Å². The van der Waals surface area contributed by atoms with Crippen molar-refractivity contribution in [2.45, 2.75) is 13.5 Å². The number of anilines is 1. The molecular formula is C15H17N3O. The van der Waals surface area contributed by atoms with Gasteiger partial charge < -0.3 is 10.6 Å². The lowest BCUT2D eigenvalue weighted by Gasteiger charge is -2.18. The van der Waals surface area contributed by atoms with Crippen molar-refractivity contribution in [2.24, 2.45) is 0 Å². The number of carbonyl (C=O) groups excluding carboxylic acids is 1. The van der Waals surface area contributed by atoms with Crippen molar-refractivity contribution in [3.05, 3.63) is 59.4 Å². The van der Waals surface area contributed by atoms with Crippen molar-refractivity contribution in [1.82, 2.24) is 9.88 Å². The molecule has 1 aromatic heterocycles. The Bertz CT molecular complexity index is 581. The molecule has 0 saturated heterocycles. The van der Waals surface area contributed by atoms with Gasteiger partial charge in [0.2, 0.25) is 0 Å². The summed E-state index contributed by atoms with van der Waals surface area (Å²) in [6, 6.07) is 9.19. The van der Waals surface area contributed by atoms with Crippen molar-refractivity contribution >= 4 is 11.6 Å². The smallest absolute Gasteiger partial charge is 0.254 e. The van der Waals surface area contributed by atoms with Crippen LogP contribution in [0.5, 0.6) is 0 Å². The van der Waals surface area contributed by atoms with Crippen LogP contribution in [-0.2, 0) is 6.54 Å². The summed E-state index contributed by atoms with van der Waals surface area (Å²) < 4.78 is 0. The molecule has 0 fully saturated rings. The van der Waals surface area contributed by atoms with Gasteiger partial charge in [0, 0.05) is 37.2 Å². The van der Waals surface area contributed by atoms with Crippen LogP contribution >= 0.6 is 0 Å². The van der Waals surface area contributed by atoms with Gasteiger partial charge in [0.1, 0.15) is 0 Å². The van der Waals surface area contributed by atoms with Gasteiger partial charge in [0.25, 0.3) is 5.91 Å². The fourth-order valence-corrected chi connectivity index (χ4v) is 1.91. The predicted octanol–water partition coefficient (Wildman–Crippen LogP) is 2.24. The molecule has 0 saturated carbocycles. The summed E-state index contributed by atoms with van der Waals surface area (Å²) in [6.45, 7) is 2.46. The highest BCUT2D eigenvalue weighted by atomic mass is 16.2. The maximum Gasteiger partial charge on any atom is 0.254 e. The second kappa shape index (κ2) is 5.52. The molecule has 98 valence electrons.